The summed E-state index contributed by atoms with van der Waals surface area (Å²) in [6, 6.07) is 11.1. The number of rotatable bonds is 6. The fourth-order valence-electron chi connectivity index (χ4n) is 2.83. The van der Waals surface area contributed by atoms with E-state index in [9.17, 15) is 22.8 Å². The third kappa shape index (κ3) is 4.12. The number of aromatic nitrogens is 2. The number of ether oxygens (including phenoxy) is 3. The zero-order valence-electron chi connectivity index (χ0n) is 15.8. The van der Waals surface area contributed by atoms with Crippen LogP contribution in [0.15, 0.2) is 48.5 Å². The molecule has 3 rings (SSSR count). The number of carbonyl (C=O) groups excluding carboxylic acids is 2. The van der Waals surface area contributed by atoms with Gasteiger partial charge < -0.3 is 14.2 Å². The van der Waals surface area contributed by atoms with Gasteiger partial charge in [-0.2, -0.15) is 13.9 Å². The van der Waals surface area contributed by atoms with Crippen molar-refractivity contribution >= 4 is 11.9 Å². The maximum Gasteiger partial charge on any atom is 0.387 e. The average molecular weight is 420 g/mol. The molecular weight excluding hydrogens is 405 g/mol. The van der Waals surface area contributed by atoms with E-state index in [-0.39, 0.29) is 22.5 Å². The van der Waals surface area contributed by atoms with E-state index in [1.165, 1.54) is 0 Å². The van der Waals surface area contributed by atoms with Gasteiger partial charge in [-0.1, -0.05) is 18.2 Å². The molecule has 7 nitrogen and oxygen atoms in total. The summed E-state index contributed by atoms with van der Waals surface area (Å²) in [7, 11) is 2.20. The van der Waals surface area contributed by atoms with Gasteiger partial charge in [0.2, 0.25) is 0 Å². The third-order valence-electron chi connectivity index (χ3n) is 4.02. The molecule has 0 bridgehead atoms. The second-order valence-electron chi connectivity index (χ2n) is 5.86. The second kappa shape index (κ2) is 8.68. The van der Waals surface area contributed by atoms with Crippen molar-refractivity contribution in [3.8, 4) is 22.7 Å². The Morgan fingerprint density at radius 2 is 1.67 bits per heavy atom. The molecule has 0 saturated carbocycles. The van der Waals surface area contributed by atoms with Crippen LogP contribution in [0, 0.1) is 5.82 Å². The predicted molar refractivity (Wildman–Crippen MR) is 98.3 cm³/mol. The van der Waals surface area contributed by atoms with Crippen molar-refractivity contribution in [1.29, 1.82) is 0 Å². The van der Waals surface area contributed by atoms with E-state index in [1.807, 2.05) is 0 Å². The van der Waals surface area contributed by atoms with Crippen LogP contribution in [0.1, 0.15) is 20.8 Å². The van der Waals surface area contributed by atoms with E-state index in [4.69, 9.17) is 9.47 Å². The SMILES string of the molecule is COC(=O)c1c(-c2cc(F)cc(OC(F)F)c2)nn(-c2ccccc2)c1C(=O)OC. The number of halogens is 3. The number of methoxy groups -OCH3 is 2. The summed E-state index contributed by atoms with van der Waals surface area (Å²) in [5.41, 5.74) is -0.446. The number of esters is 2. The molecule has 2 aromatic carbocycles. The molecule has 1 heterocycles. The third-order valence-corrected chi connectivity index (χ3v) is 4.02. The fourth-order valence-corrected chi connectivity index (χ4v) is 2.83. The van der Waals surface area contributed by atoms with Gasteiger partial charge in [0.1, 0.15) is 22.8 Å². The van der Waals surface area contributed by atoms with E-state index in [2.05, 4.69) is 9.84 Å². The molecule has 0 radical (unpaired) electrons. The summed E-state index contributed by atoms with van der Waals surface area (Å²) in [5.74, 6) is -3.25. The van der Waals surface area contributed by atoms with Crippen LogP contribution < -0.4 is 4.74 Å². The number of hydrogen-bond donors (Lipinski definition) is 0. The minimum atomic E-state index is -3.19. The zero-order chi connectivity index (χ0) is 21.8. The van der Waals surface area contributed by atoms with Gasteiger partial charge in [-0.15, -0.1) is 0 Å². The van der Waals surface area contributed by atoms with Gasteiger partial charge in [0.25, 0.3) is 0 Å². The number of carbonyl (C=O) groups is 2. The van der Waals surface area contributed by atoms with Crippen LogP contribution in [0.3, 0.4) is 0 Å². The Hall–Kier alpha value is -3.82. The lowest BCUT2D eigenvalue weighted by Gasteiger charge is -2.08. The number of alkyl halides is 2. The van der Waals surface area contributed by atoms with Crippen LogP contribution in [0.2, 0.25) is 0 Å². The molecule has 0 aliphatic rings. The van der Waals surface area contributed by atoms with Gasteiger partial charge in [0.15, 0.2) is 5.69 Å². The molecule has 30 heavy (non-hydrogen) atoms. The Kier molecular flexibility index (Phi) is 6.05. The van der Waals surface area contributed by atoms with Crippen LogP contribution in [0.5, 0.6) is 5.75 Å². The molecule has 0 fully saturated rings. The van der Waals surface area contributed by atoms with Gasteiger partial charge in [-0.3, -0.25) is 0 Å². The zero-order valence-corrected chi connectivity index (χ0v) is 15.8. The lowest BCUT2D eigenvalue weighted by atomic mass is 10.0. The first-order chi connectivity index (χ1) is 14.3. The highest BCUT2D eigenvalue weighted by Gasteiger charge is 2.31. The highest BCUT2D eigenvalue weighted by Crippen LogP contribution is 2.32. The van der Waals surface area contributed by atoms with Crippen LogP contribution >= 0.6 is 0 Å². The first kappa shape index (κ1) is 20.9. The molecule has 0 aliphatic carbocycles. The maximum absolute atomic E-state index is 14.1. The molecule has 0 N–H and O–H groups in total. The van der Waals surface area contributed by atoms with E-state index in [1.54, 1.807) is 30.3 Å². The van der Waals surface area contributed by atoms with Crippen molar-refractivity contribution in [3.63, 3.8) is 0 Å². The maximum atomic E-state index is 14.1. The topological polar surface area (TPSA) is 79.7 Å². The monoisotopic (exact) mass is 420 g/mol. The minimum absolute atomic E-state index is 0.0779. The number of hydrogen-bond acceptors (Lipinski definition) is 6. The Labute approximate surface area is 168 Å². The van der Waals surface area contributed by atoms with Crippen LogP contribution in [0.4, 0.5) is 13.2 Å². The number of para-hydroxylation sites is 1. The summed E-state index contributed by atoms with van der Waals surface area (Å²) in [4.78, 5) is 25.0. The van der Waals surface area contributed by atoms with Gasteiger partial charge in [0, 0.05) is 11.6 Å². The number of benzene rings is 2. The minimum Gasteiger partial charge on any atom is -0.465 e. The molecule has 1 aromatic heterocycles. The van der Waals surface area contributed by atoms with Crippen LogP contribution in [-0.4, -0.2) is 42.6 Å². The number of nitrogens with zero attached hydrogens (tertiary/aromatic N) is 2. The molecule has 3 aromatic rings. The quantitative estimate of drug-likeness (QED) is 0.564. The van der Waals surface area contributed by atoms with E-state index >= 15 is 0 Å². The highest BCUT2D eigenvalue weighted by atomic mass is 19.3. The standard InChI is InChI=1S/C20H15F3N2O5/c1-28-18(26)15-16(11-8-12(21)10-14(9-11)30-20(22)23)24-25(17(15)19(27)29-2)13-6-4-3-5-7-13/h3-10,20H,1-2H3. The molecule has 0 unspecified atom stereocenters. The Balaban J connectivity index is 2.32. The Morgan fingerprint density at radius 3 is 2.27 bits per heavy atom. The molecule has 10 heteroatoms. The summed E-state index contributed by atoms with van der Waals surface area (Å²) >= 11 is 0. The summed E-state index contributed by atoms with van der Waals surface area (Å²) in [6.07, 6.45) is 0. The Bertz CT molecular complexity index is 1080. The molecule has 0 amide bonds. The van der Waals surface area contributed by atoms with E-state index < -0.39 is 30.1 Å². The van der Waals surface area contributed by atoms with Crippen molar-refractivity contribution < 1.29 is 37.0 Å². The predicted octanol–water partition coefficient (Wildman–Crippen LogP) is 3.85. The highest BCUT2D eigenvalue weighted by molar-refractivity contribution is 6.06. The first-order valence-corrected chi connectivity index (χ1v) is 8.46. The first-order valence-electron chi connectivity index (χ1n) is 8.46. The normalized spacial score (nSPS) is 10.7. The van der Waals surface area contributed by atoms with Crippen LogP contribution in [0.25, 0.3) is 16.9 Å². The summed E-state index contributed by atoms with van der Waals surface area (Å²) < 4.78 is 54.2. The van der Waals surface area contributed by atoms with E-state index in [0.717, 1.165) is 37.1 Å². The van der Waals surface area contributed by atoms with Crippen molar-refractivity contribution in [2.75, 3.05) is 14.2 Å². The van der Waals surface area contributed by atoms with Gasteiger partial charge in [0.05, 0.1) is 19.9 Å². The largest absolute Gasteiger partial charge is 0.465 e. The second-order valence-corrected chi connectivity index (χ2v) is 5.86. The van der Waals surface area contributed by atoms with Gasteiger partial charge in [-0.05, 0) is 24.3 Å². The van der Waals surface area contributed by atoms with Crippen LogP contribution in [-0.2, 0) is 9.47 Å². The fraction of sp³-hybridized carbons (Fsp3) is 0.150. The molecular formula is C20H15F3N2O5. The van der Waals surface area contributed by atoms with Crippen molar-refractivity contribution in [1.82, 2.24) is 9.78 Å². The average Bonchev–Trinajstić information content (AvgIpc) is 3.13. The summed E-state index contributed by atoms with van der Waals surface area (Å²) in [6.45, 7) is -3.19. The lowest BCUT2D eigenvalue weighted by Crippen LogP contribution is -2.15. The smallest absolute Gasteiger partial charge is 0.387 e. The molecule has 0 atom stereocenters. The van der Waals surface area contributed by atoms with Gasteiger partial charge in [-0.25, -0.2) is 18.7 Å². The van der Waals surface area contributed by atoms with Crippen molar-refractivity contribution in [3.05, 3.63) is 65.6 Å². The molecule has 0 saturated heterocycles. The van der Waals surface area contributed by atoms with Gasteiger partial charge >= 0.3 is 18.6 Å². The molecule has 156 valence electrons. The molecule has 0 aliphatic heterocycles. The van der Waals surface area contributed by atoms with E-state index in [0.29, 0.717) is 5.69 Å². The Morgan fingerprint density at radius 1 is 1.00 bits per heavy atom. The van der Waals surface area contributed by atoms with Crippen molar-refractivity contribution in [2.45, 2.75) is 6.61 Å². The molecule has 0 spiro atoms. The van der Waals surface area contributed by atoms with Crippen molar-refractivity contribution in [2.24, 2.45) is 0 Å². The summed E-state index contributed by atoms with van der Waals surface area (Å²) in [5, 5.41) is 4.26. The lowest BCUT2D eigenvalue weighted by molar-refractivity contribution is -0.0499.